The van der Waals surface area contributed by atoms with Gasteiger partial charge in [-0.15, -0.1) is 0 Å². The standard InChI is InChI=1S/C20H18N6O4/c27-19(15-12-22-25(14-15)16-4-2-1-3-5-16)20(28)24-10-8-23(9-11-24)18-7-6-17(13-21-18)26(29)30/h1-7,12-14H,8-11H2. The lowest BCUT2D eigenvalue weighted by molar-refractivity contribution is -0.385. The number of hydrogen-bond acceptors (Lipinski definition) is 7. The molecule has 1 aliphatic heterocycles. The summed E-state index contributed by atoms with van der Waals surface area (Å²) in [4.78, 5) is 43.0. The van der Waals surface area contributed by atoms with Gasteiger partial charge < -0.3 is 9.80 Å². The fourth-order valence-corrected chi connectivity index (χ4v) is 3.24. The van der Waals surface area contributed by atoms with Gasteiger partial charge in [0.2, 0.25) is 0 Å². The molecule has 0 saturated carbocycles. The number of nitrogens with zero attached hydrogens (tertiary/aromatic N) is 6. The monoisotopic (exact) mass is 406 g/mol. The Balaban J connectivity index is 1.38. The maximum Gasteiger partial charge on any atom is 0.295 e. The maximum absolute atomic E-state index is 12.6. The van der Waals surface area contributed by atoms with Crippen LogP contribution in [0.3, 0.4) is 0 Å². The minimum absolute atomic E-state index is 0.0748. The SMILES string of the molecule is O=C(C(=O)N1CCN(c2ccc([N+](=O)[O-])cn2)CC1)c1cnn(-c2ccccc2)c1. The van der Waals surface area contributed by atoms with Crippen molar-refractivity contribution < 1.29 is 14.5 Å². The second-order valence-electron chi connectivity index (χ2n) is 6.75. The molecule has 0 unspecified atom stereocenters. The summed E-state index contributed by atoms with van der Waals surface area (Å²) in [7, 11) is 0. The predicted octanol–water partition coefficient (Wildman–Crippen LogP) is 1.71. The number of carbonyl (C=O) groups is 2. The summed E-state index contributed by atoms with van der Waals surface area (Å²) in [6.45, 7) is 1.67. The number of piperazine rings is 1. The van der Waals surface area contributed by atoms with Crippen molar-refractivity contribution in [3.05, 3.63) is 76.7 Å². The molecule has 3 heterocycles. The number of aromatic nitrogens is 3. The van der Waals surface area contributed by atoms with Crippen LogP contribution in [-0.4, -0.2) is 62.5 Å². The molecule has 0 aliphatic carbocycles. The van der Waals surface area contributed by atoms with Crippen molar-refractivity contribution in [3.8, 4) is 5.69 Å². The first-order valence-electron chi connectivity index (χ1n) is 9.32. The Kier molecular flexibility index (Phi) is 5.21. The lowest BCUT2D eigenvalue weighted by Gasteiger charge is -2.34. The van der Waals surface area contributed by atoms with Crippen molar-refractivity contribution in [1.29, 1.82) is 0 Å². The highest BCUT2D eigenvalue weighted by molar-refractivity contribution is 6.42. The molecule has 3 aromatic rings. The predicted molar refractivity (Wildman–Crippen MR) is 108 cm³/mol. The van der Waals surface area contributed by atoms with Crippen LogP contribution < -0.4 is 4.90 Å². The molecule has 0 atom stereocenters. The highest BCUT2D eigenvalue weighted by Gasteiger charge is 2.28. The molecule has 1 aliphatic rings. The molecule has 1 aromatic carbocycles. The van der Waals surface area contributed by atoms with Gasteiger partial charge in [0.05, 0.1) is 22.4 Å². The summed E-state index contributed by atoms with van der Waals surface area (Å²) in [6.07, 6.45) is 4.15. The van der Waals surface area contributed by atoms with E-state index < -0.39 is 16.6 Å². The van der Waals surface area contributed by atoms with E-state index in [1.54, 1.807) is 16.9 Å². The maximum atomic E-state index is 12.6. The average Bonchev–Trinajstić information content (AvgIpc) is 3.29. The van der Waals surface area contributed by atoms with Crippen molar-refractivity contribution in [2.45, 2.75) is 0 Å². The minimum Gasteiger partial charge on any atom is -0.353 e. The topological polar surface area (TPSA) is 114 Å². The molecule has 30 heavy (non-hydrogen) atoms. The van der Waals surface area contributed by atoms with Gasteiger partial charge in [-0.3, -0.25) is 19.7 Å². The van der Waals surface area contributed by atoms with Crippen molar-refractivity contribution in [1.82, 2.24) is 19.7 Å². The Bertz CT molecular complexity index is 1070. The van der Waals surface area contributed by atoms with E-state index in [2.05, 4.69) is 10.1 Å². The summed E-state index contributed by atoms with van der Waals surface area (Å²) in [5.41, 5.74) is 0.964. The Labute approximate surface area is 171 Å². The van der Waals surface area contributed by atoms with E-state index in [-0.39, 0.29) is 11.3 Å². The number of carbonyl (C=O) groups excluding carboxylic acids is 2. The Morgan fingerprint density at radius 1 is 0.967 bits per heavy atom. The Hall–Kier alpha value is -4.08. The van der Waals surface area contributed by atoms with Gasteiger partial charge in [0.1, 0.15) is 12.0 Å². The van der Waals surface area contributed by atoms with Crippen LogP contribution in [-0.2, 0) is 4.79 Å². The molecule has 0 bridgehead atoms. The summed E-state index contributed by atoms with van der Waals surface area (Å²) >= 11 is 0. The number of para-hydroxylation sites is 1. The number of anilines is 1. The number of pyridine rings is 1. The second-order valence-corrected chi connectivity index (χ2v) is 6.75. The summed E-state index contributed by atoms with van der Waals surface area (Å²) in [5.74, 6) is -0.568. The Morgan fingerprint density at radius 2 is 1.70 bits per heavy atom. The van der Waals surface area contributed by atoms with Crippen LogP contribution in [0.2, 0.25) is 0 Å². The largest absolute Gasteiger partial charge is 0.353 e. The first-order chi connectivity index (χ1) is 14.5. The molecule has 1 saturated heterocycles. The van der Waals surface area contributed by atoms with Crippen LogP contribution in [0.15, 0.2) is 61.1 Å². The normalized spacial score (nSPS) is 13.9. The van der Waals surface area contributed by atoms with E-state index in [0.717, 1.165) is 5.69 Å². The highest BCUT2D eigenvalue weighted by Crippen LogP contribution is 2.18. The number of amides is 1. The van der Waals surface area contributed by atoms with Crippen LogP contribution >= 0.6 is 0 Å². The van der Waals surface area contributed by atoms with Crippen LogP contribution in [0, 0.1) is 10.1 Å². The van der Waals surface area contributed by atoms with Crippen LogP contribution in [0.1, 0.15) is 10.4 Å². The Morgan fingerprint density at radius 3 is 2.33 bits per heavy atom. The fourth-order valence-electron chi connectivity index (χ4n) is 3.24. The summed E-state index contributed by atoms with van der Waals surface area (Å²) < 4.78 is 1.55. The lowest BCUT2D eigenvalue weighted by Crippen LogP contribution is -2.50. The molecule has 1 amide bonds. The molecular weight excluding hydrogens is 388 g/mol. The lowest BCUT2D eigenvalue weighted by atomic mass is 10.2. The van der Waals surface area contributed by atoms with E-state index in [4.69, 9.17) is 0 Å². The van der Waals surface area contributed by atoms with Crippen LogP contribution in [0.25, 0.3) is 5.69 Å². The molecule has 10 heteroatoms. The first-order valence-corrected chi connectivity index (χ1v) is 9.32. The molecule has 0 N–H and O–H groups in total. The third-order valence-corrected chi connectivity index (χ3v) is 4.89. The molecule has 1 fully saturated rings. The second kappa shape index (κ2) is 8.11. The number of nitro groups is 1. The van der Waals surface area contributed by atoms with Crippen molar-refractivity contribution >= 4 is 23.2 Å². The van der Waals surface area contributed by atoms with E-state index in [0.29, 0.717) is 32.0 Å². The number of ketones is 1. The van der Waals surface area contributed by atoms with Gasteiger partial charge in [-0.25, -0.2) is 9.67 Å². The molecule has 152 valence electrons. The van der Waals surface area contributed by atoms with E-state index in [1.165, 1.54) is 23.4 Å². The zero-order valence-corrected chi connectivity index (χ0v) is 15.9. The third kappa shape index (κ3) is 3.88. The number of rotatable bonds is 5. The van der Waals surface area contributed by atoms with E-state index in [1.807, 2.05) is 35.2 Å². The zero-order valence-electron chi connectivity index (χ0n) is 15.9. The highest BCUT2D eigenvalue weighted by atomic mass is 16.6. The minimum atomic E-state index is -0.598. The van der Waals surface area contributed by atoms with Gasteiger partial charge in [0.15, 0.2) is 0 Å². The zero-order chi connectivity index (χ0) is 21.1. The molecule has 10 nitrogen and oxygen atoms in total. The number of hydrogen-bond donors (Lipinski definition) is 0. The smallest absolute Gasteiger partial charge is 0.295 e. The van der Waals surface area contributed by atoms with E-state index in [9.17, 15) is 19.7 Å². The molecule has 0 radical (unpaired) electrons. The van der Waals surface area contributed by atoms with E-state index >= 15 is 0 Å². The fraction of sp³-hybridized carbons (Fsp3) is 0.200. The summed E-state index contributed by atoms with van der Waals surface area (Å²) in [5, 5.41) is 14.9. The van der Waals surface area contributed by atoms with Gasteiger partial charge in [-0.1, -0.05) is 18.2 Å². The molecule has 4 rings (SSSR count). The molecule has 2 aromatic heterocycles. The summed E-state index contributed by atoms with van der Waals surface area (Å²) in [6, 6.07) is 12.3. The van der Waals surface area contributed by atoms with Gasteiger partial charge in [0.25, 0.3) is 17.4 Å². The van der Waals surface area contributed by atoms with Gasteiger partial charge >= 0.3 is 0 Å². The van der Waals surface area contributed by atoms with Crippen LogP contribution in [0.4, 0.5) is 11.5 Å². The van der Waals surface area contributed by atoms with Gasteiger partial charge in [-0.2, -0.15) is 5.10 Å². The first kappa shape index (κ1) is 19.2. The average molecular weight is 406 g/mol. The molecule has 0 spiro atoms. The molecular formula is C20H18N6O4. The number of Topliss-reactive ketones (excluding diaryl/α,β-unsaturated/α-hetero) is 1. The quantitative estimate of drug-likeness (QED) is 0.274. The van der Waals surface area contributed by atoms with Crippen molar-refractivity contribution in [2.24, 2.45) is 0 Å². The van der Waals surface area contributed by atoms with Crippen molar-refractivity contribution in [3.63, 3.8) is 0 Å². The number of benzene rings is 1. The third-order valence-electron chi connectivity index (χ3n) is 4.89. The van der Waals surface area contributed by atoms with Crippen molar-refractivity contribution in [2.75, 3.05) is 31.1 Å². The van der Waals surface area contributed by atoms with Crippen LogP contribution in [0.5, 0.6) is 0 Å². The van der Waals surface area contributed by atoms with Gasteiger partial charge in [0, 0.05) is 38.4 Å². The van der Waals surface area contributed by atoms with Gasteiger partial charge in [-0.05, 0) is 18.2 Å².